The molecule has 2 aromatic heterocycles. The van der Waals surface area contributed by atoms with Crippen LogP contribution in [0, 0.1) is 20.8 Å². The number of nitrogens with zero attached hydrogens (tertiary/aromatic N) is 1. The van der Waals surface area contributed by atoms with E-state index in [1.165, 1.54) is 22.5 Å². The minimum absolute atomic E-state index is 0.0518. The van der Waals surface area contributed by atoms with Crippen LogP contribution in [-0.2, 0) is 0 Å². The monoisotopic (exact) mass is 270 g/mol. The van der Waals surface area contributed by atoms with Gasteiger partial charge in [-0.05, 0) is 31.9 Å². The second kappa shape index (κ2) is 4.31. The van der Waals surface area contributed by atoms with Crippen molar-refractivity contribution in [3.63, 3.8) is 0 Å². The third kappa shape index (κ3) is 1.98. The Kier molecular flexibility index (Phi) is 2.75. The molecule has 0 spiro atoms. The highest BCUT2D eigenvalue weighted by Crippen LogP contribution is 2.33. The highest BCUT2D eigenvalue weighted by Gasteiger charge is 2.13. The van der Waals surface area contributed by atoms with Crippen molar-refractivity contribution in [3.05, 3.63) is 50.9 Å². The van der Waals surface area contributed by atoms with Crippen LogP contribution in [0.1, 0.15) is 17.0 Å². The number of hydrogen-bond donors (Lipinski definition) is 1. The van der Waals surface area contributed by atoms with Gasteiger partial charge in [0.15, 0.2) is 0 Å². The molecule has 0 saturated carbocycles. The maximum atomic E-state index is 11.9. The van der Waals surface area contributed by atoms with E-state index in [0.717, 1.165) is 16.6 Å². The molecule has 3 rings (SSSR count). The number of H-pyrrole nitrogens is 1. The quantitative estimate of drug-likeness (QED) is 0.734. The lowest BCUT2D eigenvalue weighted by molar-refractivity contribution is 1.06. The summed E-state index contributed by atoms with van der Waals surface area (Å²) in [5.41, 5.74) is 5.37. The van der Waals surface area contributed by atoms with E-state index in [1.807, 2.05) is 12.3 Å². The first-order valence-corrected chi connectivity index (χ1v) is 7.00. The van der Waals surface area contributed by atoms with Gasteiger partial charge in [0.05, 0.1) is 5.52 Å². The fourth-order valence-corrected chi connectivity index (χ4v) is 3.16. The molecule has 0 aliphatic heterocycles. The van der Waals surface area contributed by atoms with Crippen molar-refractivity contribution in [2.75, 3.05) is 0 Å². The Balaban J connectivity index is 2.37. The predicted molar refractivity (Wildman–Crippen MR) is 79.9 cm³/mol. The normalized spacial score (nSPS) is 11.1. The maximum absolute atomic E-state index is 11.9. The van der Waals surface area contributed by atoms with Crippen LogP contribution in [0.25, 0.3) is 21.3 Å². The van der Waals surface area contributed by atoms with E-state index >= 15 is 0 Å². The molecule has 0 atom stereocenters. The third-order valence-electron chi connectivity index (χ3n) is 3.23. The number of benzene rings is 1. The molecule has 0 radical (unpaired) electrons. The summed E-state index contributed by atoms with van der Waals surface area (Å²) in [6, 6.07) is 6.35. The van der Waals surface area contributed by atoms with E-state index in [4.69, 9.17) is 0 Å². The van der Waals surface area contributed by atoms with Gasteiger partial charge < -0.3 is 4.98 Å². The smallest absolute Gasteiger partial charge is 0.268 e. The summed E-state index contributed by atoms with van der Waals surface area (Å²) in [5.74, 6) is 0.655. The zero-order valence-corrected chi connectivity index (χ0v) is 11.9. The molecule has 2 heterocycles. The van der Waals surface area contributed by atoms with Crippen LogP contribution >= 0.6 is 11.3 Å². The zero-order chi connectivity index (χ0) is 13.6. The molecule has 4 heteroatoms. The van der Waals surface area contributed by atoms with Gasteiger partial charge >= 0.3 is 0 Å². The van der Waals surface area contributed by atoms with Gasteiger partial charge in [0.2, 0.25) is 0 Å². The lowest BCUT2D eigenvalue weighted by Crippen LogP contribution is -2.07. The number of aryl methyl sites for hydroxylation is 3. The summed E-state index contributed by atoms with van der Waals surface area (Å²) in [4.78, 5) is 19.2. The lowest BCUT2D eigenvalue weighted by atomic mass is 10.00. The highest BCUT2D eigenvalue weighted by atomic mass is 32.1. The number of aromatic nitrogens is 2. The highest BCUT2D eigenvalue weighted by molar-refractivity contribution is 7.17. The van der Waals surface area contributed by atoms with Gasteiger partial charge in [-0.25, -0.2) is 4.98 Å². The van der Waals surface area contributed by atoms with Crippen LogP contribution in [0.3, 0.4) is 0 Å². The molecule has 0 saturated heterocycles. The van der Waals surface area contributed by atoms with Crippen molar-refractivity contribution >= 4 is 21.6 Å². The fourth-order valence-electron chi connectivity index (χ4n) is 2.26. The Morgan fingerprint density at radius 3 is 2.74 bits per heavy atom. The van der Waals surface area contributed by atoms with E-state index in [2.05, 4.69) is 42.0 Å². The van der Waals surface area contributed by atoms with Crippen LogP contribution in [0.4, 0.5) is 0 Å². The van der Waals surface area contributed by atoms with E-state index in [9.17, 15) is 4.79 Å². The van der Waals surface area contributed by atoms with Crippen molar-refractivity contribution in [1.29, 1.82) is 0 Å². The van der Waals surface area contributed by atoms with Gasteiger partial charge in [-0.1, -0.05) is 23.8 Å². The zero-order valence-electron chi connectivity index (χ0n) is 11.1. The number of fused-ring (bicyclic) bond motifs is 1. The summed E-state index contributed by atoms with van der Waals surface area (Å²) in [5, 5.41) is 2.02. The van der Waals surface area contributed by atoms with Crippen molar-refractivity contribution in [2.45, 2.75) is 20.8 Å². The summed E-state index contributed by atoms with van der Waals surface area (Å²) < 4.78 is 0.696. The van der Waals surface area contributed by atoms with Gasteiger partial charge in [0.1, 0.15) is 10.5 Å². The van der Waals surface area contributed by atoms with Crippen molar-refractivity contribution in [2.24, 2.45) is 0 Å². The van der Waals surface area contributed by atoms with Crippen LogP contribution in [-0.4, -0.2) is 9.97 Å². The van der Waals surface area contributed by atoms with Crippen LogP contribution in [0.15, 0.2) is 28.4 Å². The van der Waals surface area contributed by atoms with E-state index in [1.54, 1.807) is 0 Å². The molecule has 96 valence electrons. The molecule has 1 N–H and O–H groups in total. The maximum Gasteiger partial charge on any atom is 0.268 e. The first-order chi connectivity index (χ1) is 9.06. The summed E-state index contributed by atoms with van der Waals surface area (Å²) in [7, 11) is 0. The Labute approximate surface area is 115 Å². The summed E-state index contributed by atoms with van der Waals surface area (Å²) in [6.45, 7) is 5.96. The molecule has 19 heavy (non-hydrogen) atoms. The van der Waals surface area contributed by atoms with Crippen molar-refractivity contribution in [1.82, 2.24) is 9.97 Å². The van der Waals surface area contributed by atoms with Crippen LogP contribution < -0.4 is 5.56 Å². The van der Waals surface area contributed by atoms with Gasteiger partial charge in [-0.15, -0.1) is 11.3 Å². The molecule has 1 aromatic carbocycles. The van der Waals surface area contributed by atoms with E-state index in [-0.39, 0.29) is 5.56 Å². The minimum Gasteiger partial charge on any atom is -0.310 e. The second-order valence-electron chi connectivity index (χ2n) is 4.80. The average Bonchev–Trinajstić information content (AvgIpc) is 2.76. The minimum atomic E-state index is -0.0518. The number of aromatic amines is 1. The number of thiophene rings is 1. The van der Waals surface area contributed by atoms with Crippen molar-refractivity contribution in [3.8, 4) is 11.1 Å². The van der Waals surface area contributed by atoms with Crippen LogP contribution in [0.2, 0.25) is 0 Å². The number of hydrogen-bond acceptors (Lipinski definition) is 3. The van der Waals surface area contributed by atoms with Gasteiger partial charge in [0, 0.05) is 10.9 Å². The van der Waals surface area contributed by atoms with Gasteiger partial charge in [-0.2, -0.15) is 0 Å². The summed E-state index contributed by atoms with van der Waals surface area (Å²) >= 11 is 1.45. The molecular formula is C15H14N2OS. The van der Waals surface area contributed by atoms with Gasteiger partial charge in [-0.3, -0.25) is 4.79 Å². The first kappa shape index (κ1) is 12.1. The second-order valence-corrected chi connectivity index (χ2v) is 5.68. The number of rotatable bonds is 1. The molecule has 0 amide bonds. The van der Waals surface area contributed by atoms with Crippen molar-refractivity contribution < 1.29 is 0 Å². The first-order valence-electron chi connectivity index (χ1n) is 6.12. The van der Waals surface area contributed by atoms with E-state index in [0.29, 0.717) is 10.5 Å². The molecule has 0 bridgehead atoms. The SMILES string of the molecule is Cc1ccc(C)c(-c2csc3c(=O)[nH]c(C)nc23)c1. The predicted octanol–water partition coefficient (Wildman–Crippen LogP) is 3.58. The fraction of sp³-hybridized carbons (Fsp3) is 0.200. The molecule has 0 fully saturated rings. The average molecular weight is 270 g/mol. The Morgan fingerprint density at radius 1 is 1.16 bits per heavy atom. The Hall–Kier alpha value is -1.94. The van der Waals surface area contributed by atoms with Crippen LogP contribution in [0.5, 0.6) is 0 Å². The lowest BCUT2D eigenvalue weighted by Gasteiger charge is -2.06. The molecular weight excluding hydrogens is 256 g/mol. The molecule has 3 aromatic rings. The standard InChI is InChI=1S/C15H14N2OS/c1-8-4-5-9(2)11(6-8)12-7-19-14-13(12)16-10(3)17-15(14)18/h4-7H,1-3H3,(H,16,17,18). The molecule has 0 aliphatic rings. The molecule has 0 aliphatic carbocycles. The van der Waals surface area contributed by atoms with Gasteiger partial charge in [0.25, 0.3) is 5.56 Å². The molecule has 0 unspecified atom stereocenters. The topological polar surface area (TPSA) is 45.8 Å². The third-order valence-corrected chi connectivity index (χ3v) is 4.20. The number of nitrogens with one attached hydrogen (secondary N) is 1. The molecule has 3 nitrogen and oxygen atoms in total. The Morgan fingerprint density at radius 2 is 1.95 bits per heavy atom. The Bertz CT molecular complexity index is 830. The largest absolute Gasteiger partial charge is 0.310 e. The summed E-state index contributed by atoms with van der Waals surface area (Å²) in [6.07, 6.45) is 0. The van der Waals surface area contributed by atoms with E-state index < -0.39 is 0 Å².